The first-order valence-corrected chi connectivity index (χ1v) is 6.29. The molecule has 1 saturated carbocycles. The van der Waals surface area contributed by atoms with Crippen LogP contribution < -0.4 is 5.56 Å². The van der Waals surface area contributed by atoms with E-state index in [0.717, 1.165) is 6.42 Å². The molecule has 0 radical (unpaired) electrons. The highest BCUT2D eigenvalue weighted by molar-refractivity contribution is 5.77. The lowest BCUT2D eigenvalue weighted by Crippen LogP contribution is -2.22. The number of esters is 1. The highest BCUT2D eigenvalue weighted by Crippen LogP contribution is 2.46. The van der Waals surface area contributed by atoms with E-state index in [1.165, 1.54) is 6.07 Å². The van der Waals surface area contributed by atoms with Gasteiger partial charge in [0.05, 0.1) is 24.5 Å². The third-order valence-electron chi connectivity index (χ3n) is 3.17. The summed E-state index contributed by atoms with van der Waals surface area (Å²) in [4.78, 5) is 27.6. The first-order chi connectivity index (χ1) is 8.54. The number of hydrogen-bond acceptors (Lipinski definition) is 4. The van der Waals surface area contributed by atoms with Crippen LogP contribution in [-0.4, -0.2) is 22.1 Å². The van der Waals surface area contributed by atoms with Crippen molar-refractivity contribution in [2.75, 3.05) is 6.61 Å². The predicted octanol–water partition coefficient (Wildman–Crippen LogP) is 1.49. The smallest absolute Gasteiger partial charge is 0.309 e. The normalized spacial score (nSPS) is 22.0. The maximum atomic E-state index is 11.8. The second kappa shape index (κ2) is 4.92. The van der Waals surface area contributed by atoms with Crippen LogP contribution >= 0.6 is 0 Å². The van der Waals surface area contributed by atoms with E-state index in [1.807, 2.05) is 13.8 Å². The summed E-state index contributed by atoms with van der Waals surface area (Å²) < 4.78 is 6.53. The molecule has 0 aliphatic heterocycles. The van der Waals surface area contributed by atoms with E-state index in [4.69, 9.17) is 4.74 Å². The summed E-state index contributed by atoms with van der Waals surface area (Å²) in [7, 11) is 0. The summed E-state index contributed by atoms with van der Waals surface area (Å²) in [6.07, 6.45) is 2.29. The van der Waals surface area contributed by atoms with Crippen molar-refractivity contribution in [3.05, 3.63) is 28.4 Å². The Labute approximate surface area is 106 Å². The van der Waals surface area contributed by atoms with Crippen LogP contribution in [0.15, 0.2) is 17.2 Å². The van der Waals surface area contributed by atoms with Crippen molar-refractivity contribution in [3.63, 3.8) is 0 Å². The maximum absolute atomic E-state index is 11.8. The van der Waals surface area contributed by atoms with Crippen molar-refractivity contribution in [3.8, 4) is 0 Å². The molecule has 0 N–H and O–H groups in total. The Balaban J connectivity index is 2.11. The van der Waals surface area contributed by atoms with Crippen LogP contribution in [0.4, 0.5) is 0 Å². The topological polar surface area (TPSA) is 61.2 Å². The number of aromatic nitrogens is 2. The average Bonchev–Trinajstić information content (AvgIpc) is 3.08. The molecule has 5 heteroatoms. The molecule has 0 unspecified atom stereocenters. The quantitative estimate of drug-likeness (QED) is 0.760. The molecule has 1 aromatic rings. The third kappa shape index (κ3) is 2.44. The molecule has 2 atom stereocenters. The van der Waals surface area contributed by atoms with Crippen LogP contribution in [0.5, 0.6) is 0 Å². The first-order valence-electron chi connectivity index (χ1n) is 6.29. The molecule has 1 aliphatic carbocycles. The van der Waals surface area contributed by atoms with E-state index in [9.17, 15) is 9.59 Å². The van der Waals surface area contributed by atoms with Crippen molar-refractivity contribution in [1.82, 2.24) is 9.55 Å². The van der Waals surface area contributed by atoms with Crippen LogP contribution in [0.1, 0.15) is 44.8 Å². The monoisotopic (exact) mass is 250 g/mol. The second-order valence-corrected chi connectivity index (χ2v) is 4.85. The highest BCUT2D eigenvalue weighted by Gasteiger charge is 2.46. The Morgan fingerprint density at radius 3 is 2.89 bits per heavy atom. The number of nitrogens with zero attached hydrogens (tertiary/aromatic N) is 2. The van der Waals surface area contributed by atoms with Crippen LogP contribution in [0.25, 0.3) is 0 Å². The van der Waals surface area contributed by atoms with Gasteiger partial charge in [-0.05, 0) is 27.2 Å². The molecule has 0 spiro atoms. The van der Waals surface area contributed by atoms with Gasteiger partial charge in [0.15, 0.2) is 0 Å². The van der Waals surface area contributed by atoms with Gasteiger partial charge in [-0.15, -0.1) is 0 Å². The van der Waals surface area contributed by atoms with Crippen molar-refractivity contribution in [2.45, 2.75) is 39.2 Å². The van der Waals surface area contributed by atoms with Crippen molar-refractivity contribution in [2.24, 2.45) is 5.92 Å². The van der Waals surface area contributed by atoms with E-state index < -0.39 is 0 Å². The predicted molar refractivity (Wildman–Crippen MR) is 66.4 cm³/mol. The van der Waals surface area contributed by atoms with E-state index in [2.05, 4.69) is 4.98 Å². The standard InChI is InChI=1S/C13H18N2O3/c1-4-18-13(17)10-5-9(10)11-6-12(16)15(7-14-11)8(2)3/h6-10H,4-5H2,1-3H3/t9-,10+/m0/s1. The fourth-order valence-corrected chi connectivity index (χ4v) is 2.05. The van der Waals surface area contributed by atoms with Gasteiger partial charge in [-0.25, -0.2) is 4.98 Å². The van der Waals surface area contributed by atoms with Crippen molar-refractivity contribution >= 4 is 5.97 Å². The van der Waals surface area contributed by atoms with Crippen molar-refractivity contribution < 1.29 is 9.53 Å². The molecule has 0 aromatic carbocycles. The number of carbonyl (C=O) groups excluding carboxylic acids is 1. The van der Waals surface area contributed by atoms with Crippen LogP contribution in [0.2, 0.25) is 0 Å². The Bertz CT molecular complexity index is 507. The zero-order chi connectivity index (χ0) is 13.3. The van der Waals surface area contributed by atoms with Gasteiger partial charge < -0.3 is 4.74 Å². The molecule has 1 fully saturated rings. The van der Waals surface area contributed by atoms with Gasteiger partial charge in [-0.3, -0.25) is 14.2 Å². The largest absolute Gasteiger partial charge is 0.466 e. The van der Waals surface area contributed by atoms with Gasteiger partial charge in [0.2, 0.25) is 0 Å². The van der Waals surface area contributed by atoms with Gasteiger partial charge in [0.1, 0.15) is 0 Å². The lowest BCUT2D eigenvalue weighted by Gasteiger charge is -2.09. The van der Waals surface area contributed by atoms with Crippen LogP contribution in [0.3, 0.4) is 0 Å². The summed E-state index contributed by atoms with van der Waals surface area (Å²) in [5.74, 6) is -0.248. The Morgan fingerprint density at radius 2 is 2.33 bits per heavy atom. The minimum absolute atomic E-state index is 0.0542. The molecule has 5 nitrogen and oxygen atoms in total. The number of hydrogen-bond donors (Lipinski definition) is 0. The Hall–Kier alpha value is -1.65. The van der Waals surface area contributed by atoms with Crippen molar-refractivity contribution in [1.29, 1.82) is 0 Å². The highest BCUT2D eigenvalue weighted by atomic mass is 16.5. The molecule has 0 bridgehead atoms. The molecule has 0 amide bonds. The third-order valence-corrected chi connectivity index (χ3v) is 3.17. The van der Waals surface area contributed by atoms with Crippen LogP contribution in [0, 0.1) is 5.92 Å². The maximum Gasteiger partial charge on any atom is 0.309 e. The molecule has 0 saturated heterocycles. The lowest BCUT2D eigenvalue weighted by atomic mass is 10.2. The second-order valence-electron chi connectivity index (χ2n) is 4.85. The average molecular weight is 250 g/mol. The molecular formula is C13H18N2O3. The van der Waals surface area contributed by atoms with E-state index >= 15 is 0 Å². The molecule has 98 valence electrons. The minimum Gasteiger partial charge on any atom is -0.466 e. The zero-order valence-corrected chi connectivity index (χ0v) is 10.9. The molecule has 1 heterocycles. The van der Waals surface area contributed by atoms with Gasteiger partial charge >= 0.3 is 5.97 Å². The van der Waals surface area contributed by atoms with E-state index in [1.54, 1.807) is 17.8 Å². The molecule has 1 aliphatic rings. The lowest BCUT2D eigenvalue weighted by molar-refractivity contribution is -0.144. The SMILES string of the molecule is CCOC(=O)[C@@H]1C[C@@H]1c1cc(=O)n(C(C)C)cn1. The summed E-state index contributed by atoms with van der Waals surface area (Å²) in [6, 6.07) is 1.63. The van der Waals surface area contributed by atoms with Crippen LogP contribution in [-0.2, 0) is 9.53 Å². The fourth-order valence-electron chi connectivity index (χ4n) is 2.05. The summed E-state index contributed by atoms with van der Waals surface area (Å²) in [5.41, 5.74) is 0.638. The molecule has 18 heavy (non-hydrogen) atoms. The molecular weight excluding hydrogens is 232 g/mol. The summed E-state index contributed by atoms with van der Waals surface area (Å²) in [5, 5.41) is 0. The minimum atomic E-state index is -0.183. The first kappa shape index (κ1) is 12.8. The van der Waals surface area contributed by atoms with Gasteiger partial charge in [0, 0.05) is 18.0 Å². The van der Waals surface area contributed by atoms with Gasteiger partial charge in [-0.2, -0.15) is 0 Å². The zero-order valence-electron chi connectivity index (χ0n) is 10.9. The van der Waals surface area contributed by atoms with Gasteiger partial charge in [-0.1, -0.05) is 0 Å². The van der Waals surface area contributed by atoms with E-state index in [-0.39, 0.29) is 29.4 Å². The Kier molecular flexibility index (Phi) is 3.50. The van der Waals surface area contributed by atoms with E-state index in [0.29, 0.717) is 12.3 Å². The number of carbonyl (C=O) groups is 1. The summed E-state index contributed by atoms with van der Waals surface area (Å²) >= 11 is 0. The number of rotatable bonds is 4. The fraction of sp³-hybridized carbons (Fsp3) is 0.615. The molecule has 2 rings (SSSR count). The molecule has 1 aromatic heterocycles. The Morgan fingerprint density at radius 1 is 1.61 bits per heavy atom. The van der Waals surface area contributed by atoms with Gasteiger partial charge in [0.25, 0.3) is 5.56 Å². The summed E-state index contributed by atoms with van der Waals surface area (Å²) in [6.45, 7) is 6.05. The number of ether oxygens (including phenoxy) is 1.